The minimum atomic E-state index is -3.57. The zero-order chi connectivity index (χ0) is 24.4. The van der Waals surface area contributed by atoms with E-state index < -0.39 is 10.0 Å². The van der Waals surface area contributed by atoms with Crippen LogP contribution in [0, 0.1) is 5.92 Å². The number of hydrogen-bond acceptors (Lipinski definition) is 5. The summed E-state index contributed by atoms with van der Waals surface area (Å²) in [6.45, 7) is 0.605. The van der Waals surface area contributed by atoms with Crippen LogP contribution in [0.15, 0.2) is 70.2 Å². The summed E-state index contributed by atoms with van der Waals surface area (Å²) in [6.07, 6.45) is 5.33. The maximum absolute atomic E-state index is 13.1. The van der Waals surface area contributed by atoms with Crippen LogP contribution in [0.4, 0.5) is 11.4 Å². The van der Waals surface area contributed by atoms with Gasteiger partial charge in [0.05, 0.1) is 11.2 Å². The fourth-order valence-corrected chi connectivity index (χ4v) is 6.26. The summed E-state index contributed by atoms with van der Waals surface area (Å²) < 4.78 is 32.9. The van der Waals surface area contributed by atoms with Crippen LogP contribution in [0.1, 0.15) is 40.9 Å². The van der Waals surface area contributed by atoms with Gasteiger partial charge in [0.25, 0.3) is 5.91 Å². The van der Waals surface area contributed by atoms with Crippen LogP contribution < -0.4 is 10.6 Å². The highest BCUT2D eigenvalue weighted by Crippen LogP contribution is 2.29. The molecule has 2 heterocycles. The minimum absolute atomic E-state index is 0.158. The van der Waals surface area contributed by atoms with Crippen LogP contribution in [-0.4, -0.2) is 37.6 Å². The Kier molecular flexibility index (Phi) is 6.44. The molecule has 2 aromatic carbocycles. The highest BCUT2D eigenvalue weighted by Gasteiger charge is 2.32. The number of anilines is 2. The molecule has 1 aliphatic carbocycles. The Morgan fingerprint density at radius 2 is 1.63 bits per heavy atom. The van der Waals surface area contributed by atoms with E-state index in [1.54, 1.807) is 42.5 Å². The molecule has 0 spiro atoms. The van der Waals surface area contributed by atoms with Crippen molar-refractivity contribution in [1.29, 1.82) is 0 Å². The SMILES string of the molecule is O=C(Nc1cccc(NC(=O)C2CCN(S(=O)(=O)c3ccc4c(c3)CCC4)CC2)c1)c1ccco1. The van der Waals surface area contributed by atoms with E-state index in [1.807, 2.05) is 12.1 Å². The van der Waals surface area contributed by atoms with Gasteiger partial charge in [0.1, 0.15) is 0 Å². The number of carbonyl (C=O) groups is 2. The van der Waals surface area contributed by atoms with Crippen LogP contribution in [0.5, 0.6) is 0 Å². The highest BCUT2D eigenvalue weighted by atomic mass is 32.2. The Balaban J connectivity index is 1.18. The fraction of sp³-hybridized carbons (Fsp3) is 0.308. The van der Waals surface area contributed by atoms with E-state index in [1.165, 1.54) is 16.1 Å². The average molecular weight is 494 g/mol. The second-order valence-electron chi connectivity index (χ2n) is 8.96. The number of rotatable bonds is 6. The molecule has 2 aliphatic rings. The molecule has 0 saturated carbocycles. The number of furan rings is 1. The van der Waals surface area contributed by atoms with Crippen molar-refractivity contribution in [2.45, 2.75) is 37.0 Å². The molecule has 0 radical (unpaired) electrons. The summed E-state index contributed by atoms with van der Waals surface area (Å²) in [4.78, 5) is 25.4. The Hall–Kier alpha value is -3.43. The largest absolute Gasteiger partial charge is 0.459 e. The number of sulfonamides is 1. The van der Waals surface area contributed by atoms with E-state index >= 15 is 0 Å². The van der Waals surface area contributed by atoms with E-state index in [9.17, 15) is 18.0 Å². The molecule has 5 rings (SSSR count). The van der Waals surface area contributed by atoms with Crippen molar-refractivity contribution in [2.24, 2.45) is 5.92 Å². The summed E-state index contributed by atoms with van der Waals surface area (Å²) in [5.41, 5.74) is 3.45. The Morgan fingerprint density at radius 3 is 2.37 bits per heavy atom. The van der Waals surface area contributed by atoms with Gasteiger partial charge in [-0.1, -0.05) is 12.1 Å². The molecule has 1 aliphatic heterocycles. The first-order valence-corrected chi connectivity index (χ1v) is 13.2. The van der Waals surface area contributed by atoms with Crippen molar-refractivity contribution in [3.8, 4) is 0 Å². The molecule has 9 heteroatoms. The molecule has 1 aromatic heterocycles. The Morgan fingerprint density at radius 1 is 0.886 bits per heavy atom. The van der Waals surface area contributed by atoms with Crippen molar-refractivity contribution in [2.75, 3.05) is 23.7 Å². The molecule has 1 fully saturated rings. The molecule has 0 bridgehead atoms. The maximum atomic E-state index is 13.1. The summed E-state index contributed by atoms with van der Waals surface area (Å²) >= 11 is 0. The number of hydrogen-bond donors (Lipinski definition) is 2. The predicted molar refractivity (Wildman–Crippen MR) is 132 cm³/mol. The molecule has 2 N–H and O–H groups in total. The van der Waals surface area contributed by atoms with Gasteiger partial charge in [-0.3, -0.25) is 9.59 Å². The van der Waals surface area contributed by atoms with E-state index in [4.69, 9.17) is 4.42 Å². The van der Waals surface area contributed by atoms with Crippen molar-refractivity contribution in [1.82, 2.24) is 4.31 Å². The van der Waals surface area contributed by atoms with Crippen LogP contribution in [0.3, 0.4) is 0 Å². The third kappa shape index (κ3) is 5.01. The minimum Gasteiger partial charge on any atom is -0.459 e. The average Bonchev–Trinajstić information content (AvgIpc) is 3.56. The van der Waals surface area contributed by atoms with Gasteiger partial charge in [-0.15, -0.1) is 0 Å². The van der Waals surface area contributed by atoms with E-state index in [-0.39, 0.29) is 23.5 Å². The topological polar surface area (TPSA) is 109 Å². The lowest BCUT2D eigenvalue weighted by Gasteiger charge is -2.30. The normalized spacial score (nSPS) is 16.6. The summed E-state index contributed by atoms with van der Waals surface area (Å²) in [7, 11) is -3.57. The van der Waals surface area contributed by atoms with Gasteiger partial charge in [-0.05, 0) is 85.7 Å². The van der Waals surface area contributed by atoms with Gasteiger partial charge in [0.2, 0.25) is 15.9 Å². The number of carbonyl (C=O) groups excluding carboxylic acids is 2. The number of piperidine rings is 1. The van der Waals surface area contributed by atoms with Crippen molar-refractivity contribution < 1.29 is 22.4 Å². The van der Waals surface area contributed by atoms with Gasteiger partial charge in [-0.25, -0.2) is 8.42 Å². The molecule has 182 valence electrons. The molecular formula is C26H27N3O5S. The van der Waals surface area contributed by atoms with Gasteiger partial charge < -0.3 is 15.1 Å². The smallest absolute Gasteiger partial charge is 0.291 e. The summed E-state index contributed by atoms with van der Waals surface area (Å²) in [5, 5.41) is 5.63. The van der Waals surface area contributed by atoms with Crippen LogP contribution >= 0.6 is 0 Å². The second-order valence-corrected chi connectivity index (χ2v) is 10.9. The Bertz CT molecular complexity index is 1340. The molecule has 0 atom stereocenters. The van der Waals surface area contributed by atoms with Crippen LogP contribution in [0.25, 0.3) is 0 Å². The number of nitrogens with zero attached hydrogens (tertiary/aromatic N) is 1. The van der Waals surface area contributed by atoms with Crippen molar-refractivity contribution >= 4 is 33.2 Å². The Labute approximate surface area is 204 Å². The van der Waals surface area contributed by atoms with Crippen LogP contribution in [-0.2, 0) is 27.7 Å². The first-order valence-electron chi connectivity index (χ1n) is 11.8. The summed E-state index contributed by atoms with van der Waals surface area (Å²) in [5.74, 6) is -0.631. The molecule has 1 saturated heterocycles. The molecule has 8 nitrogen and oxygen atoms in total. The lowest BCUT2D eigenvalue weighted by molar-refractivity contribution is -0.120. The second kappa shape index (κ2) is 9.67. The third-order valence-electron chi connectivity index (χ3n) is 6.67. The standard InChI is InChI=1S/C26H27N3O5S/c30-25(27-21-6-2-7-22(17-21)28-26(31)24-8-3-15-34-24)19-11-13-29(14-12-19)35(32,33)23-10-9-18-4-1-5-20(18)16-23/h2-3,6-10,15-17,19H,1,4-5,11-14H2,(H,27,30)(H,28,31). The van der Waals surface area contributed by atoms with E-state index in [0.717, 1.165) is 24.8 Å². The van der Waals surface area contributed by atoms with Gasteiger partial charge >= 0.3 is 0 Å². The lowest BCUT2D eigenvalue weighted by Crippen LogP contribution is -2.41. The number of amides is 2. The lowest BCUT2D eigenvalue weighted by atomic mass is 9.97. The molecule has 3 aromatic rings. The molecule has 0 unspecified atom stereocenters. The number of fused-ring (bicyclic) bond motifs is 1. The quantitative estimate of drug-likeness (QED) is 0.538. The number of aryl methyl sites for hydroxylation is 2. The number of benzene rings is 2. The highest BCUT2D eigenvalue weighted by molar-refractivity contribution is 7.89. The number of nitrogens with one attached hydrogen (secondary N) is 2. The van der Waals surface area contributed by atoms with Gasteiger partial charge in [0.15, 0.2) is 5.76 Å². The maximum Gasteiger partial charge on any atom is 0.291 e. The summed E-state index contributed by atoms with van der Waals surface area (Å²) in [6, 6.07) is 15.5. The van der Waals surface area contributed by atoms with Crippen molar-refractivity contribution in [3.63, 3.8) is 0 Å². The predicted octanol–water partition coefficient (Wildman–Crippen LogP) is 4.06. The first-order chi connectivity index (χ1) is 16.9. The van der Waals surface area contributed by atoms with E-state index in [2.05, 4.69) is 10.6 Å². The van der Waals surface area contributed by atoms with Crippen molar-refractivity contribution in [3.05, 3.63) is 77.7 Å². The zero-order valence-electron chi connectivity index (χ0n) is 19.2. The molecule has 35 heavy (non-hydrogen) atoms. The van der Waals surface area contributed by atoms with E-state index in [0.29, 0.717) is 42.2 Å². The van der Waals surface area contributed by atoms with Gasteiger partial charge in [0, 0.05) is 30.4 Å². The fourth-order valence-electron chi connectivity index (χ4n) is 4.74. The first kappa shape index (κ1) is 23.3. The van der Waals surface area contributed by atoms with Crippen LogP contribution in [0.2, 0.25) is 0 Å². The van der Waals surface area contributed by atoms with Gasteiger partial charge in [-0.2, -0.15) is 4.31 Å². The molecular weight excluding hydrogens is 466 g/mol. The monoisotopic (exact) mass is 493 g/mol. The third-order valence-corrected chi connectivity index (χ3v) is 8.56. The molecule has 2 amide bonds. The zero-order valence-corrected chi connectivity index (χ0v) is 20.0.